The Hall–Kier alpha value is -0.870. The number of H-pyrrole nitrogens is 1. The third-order valence-corrected chi connectivity index (χ3v) is 2.86. The van der Waals surface area contributed by atoms with Gasteiger partial charge >= 0.3 is 0 Å². The molecule has 0 saturated carbocycles. The highest BCUT2D eigenvalue weighted by atomic mass is 79.9. The Morgan fingerprint density at radius 2 is 2.33 bits per heavy atom. The summed E-state index contributed by atoms with van der Waals surface area (Å²) in [6.45, 7) is 5.43. The fourth-order valence-corrected chi connectivity index (χ4v) is 1.90. The summed E-state index contributed by atoms with van der Waals surface area (Å²) in [5.74, 6) is 0. The summed E-state index contributed by atoms with van der Waals surface area (Å²) in [7, 11) is 0. The van der Waals surface area contributed by atoms with E-state index < -0.39 is 0 Å². The number of rotatable bonds is 3. The van der Waals surface area contributed by atoms with Crippen molar-refractivity contribution in [3.8, 4) is 0 Å². The van der Waals surface area contributed by atoms with Crippen molar-refractivity contribution in [2.45, 2.75) is 20.5 Å². The number of fused-ring (bicyclic) bond motifs is 1. The van der Waals surface area contributed by atoms with Gasteiger partial charge in [0.1, 0.15) is 5.65 Å². The molecule has 0 amide bonds. The molecule has 0 bridgehead atoms. The Kier molecular flexibility index (Phi) is 3.07. The largest absolute Gasteiger partial charge is 0.376 e. The first kappa shape index (κ1) is 10.6. The fraction of sp³-hybridized carbons (Fsp3) is 0.364. The number of ether oxygens (including phenoxy) is 1. The van der Waals surface area contributed by atoms with E-state index in [1.165, 1.54) is 5.56 Å². The van der Waals surface area contributed by atoms with E-state index in [0.29, 0.717) is 6.61 Å². The highest BCUT2D eigenvalue weighted by Gasteiger charge is 2.08. The van der Waals surface area contributed by atoms with Crippen molar-refractivity contribution in [3.63, 3.8) is 0 Å². The van der Waals surface area contributed by atoms with Crippen molar-refractivity contribution in [2.24, 2.45) is 0 Å². The predicted molar refractivity (Wildman–Crippen MR) is 63.9 cm³/mol. The van der Waals surface area contributed by atoms with Crippen molar-refractivity contribution in [1.29, 1.82) is 0 Å². The third-order valence-electron chi connectivity index (χ3n) is 2.43. The van der Waals surface area contributed by atoms with E-state index in [1.807, 2.05) is 6.92 Å². The number of nitrogens with zero attached hydrogens (tertiary/aromatic N) is 1. The van der Waals surface area contributed by atoms with Crippen molar-refractivity contribution in [2.75, 3.05) is 6.61 Å². The Morgan fingerprint density at radius 1 is 1.53 bits per heavy atom. The summed E-state index contributed by atoms with van der Waals surface area (Å²) in [5, 5.41) is 1.15. The maximum atomic E-state index is 5.39. The van der Waals surface area contributed by atoms with Gasteiger partial charge in [-0.1, -0.05) is 0 Å². The Bertz CT molecular complexity index is 479. The monoisotopic (exact) mass is 268 g/mol. The molecule has 80 valence electrons. The number of aryl methyl sites for hydroxylation is 1. The number of halogens is 1. The highest BCUT2D eigenvalue weighted by molar-refractivity contribution is 9.10. The quantitative estimate of drug-likeness (QED) is 0.929. The minimum absolute atomic E-state index is 0.621. The lowest BCUT2D eigenvalue weighted by Gasteiger charge is -1.99. The van der Waals surface area contributed by atoms with Crippen LogP contribution >= 0.6 is 15.9 Å². The molecular weight excluding hydrogens is 256 g/mol. The molecule has 2 heterocycles. The van der Waals surface area contributed by atoms with Crippen LogP contribution in [-0.4, -0.2) is 16.6 Å². The molecule has 1 N–H and O–H groups in total. The van der Waals surface area contributed by atoms with Gasteiger partial charge in [0.2, 0.25) is 0 Å². The molecule has 2 rings (SSSR count). The normalized spacial score (nSPS) is 11.1. The summed E-state index contributed by atoms with van der Waals surface area (Å²) in [4.78, 5) is 7.58. The number of hydrogen-bond donors (Lipinski definition) is 1. The Balaban J connectivity index is 2.45. The van der Waals surface area contributed by atoms with Gasteiger partial charge < -0.3 is 9.72 Å². The van der Waals surface area contributed by atoms with Gasteiger partial charge in [-0.15, -0.1) is 0 Å². The molecule has 3 nitrogen and oxygen atoms in total. The molecule has 0 fully saturated rings. The number of hydrogen-bond acceptors (Lipinski definition) is 2. The highest BCUT2D eigenvalue weighted by Crippen LogP contribution is 2.23. The van der Waals surface area contributed by atoms with Crippen LogP contribution < -0.4 is 0 Å². The molecule has 0 aliphatic heterocycles. The lowest BCUT2D eigenvalue weighted by atomic mass is 10.2. The van der Waals surface area contributed by atoms with Crippen molar-refractivity contribution in [1.82, 2.24) is 9.97 Å². The number of aromatic amines is 1. The second-order valence-corrected chi connectivity index (χ2v) is 4.33. The van der Waals surface area contributed by atoms with E-state index >= 15 is 0 Å². The summed E-state index contributed by atoms with van der Waals surface area (Å²) >= 11 is 3.42. The van der Waals surface area contributed by atoms with Crippen molar-refractivity contribution < 1.29 is 4.74 Å². The van der Waals surface area contributed by atoms with Gasteiger partial charge in [0.15, 0.2) is 0 Å². The zero-order chi connectivity index (χ0) is 10.8. The fourth-order valence-electron chi connectivity index (χ4n) is 1.57. The van der Waals surface area contributed by atoms with Gasteiger partial charge in [0.25, 0.3) is 0 Å². The van der Waals surface area contributed by atoms with Crippen LogP contribution in [0.4, 0.5) is 0 Å². The first-order valence-corrected chi connectivity index (χ1v) is 5.72. The Morgan fingerprint density at radius 3 is 3.07 bits per heavy atom. The molecule has 0 radical (unpaired) electrons. The second-order valence-electron chi connectivity index (χ2n) is 3.42. The molecule has 15 heavy (non-hydrogen) atoms. The van der Waals surface area contributed by atoms with Crippen LogP contribution in [-0.2, 0) is 11.3 Å². The van der Waals surface area contributed by atoms with Gasteiger partial charge in [0.05, 0.1) is 6.61 Å². The second kappa shape index (κ2) is 4.33. The molecule has 0 spiro atoms. The summed E-state index contributed by atoms with van der Waals surface area (Å²) in [5.41, 5.74) is 3.25. The van der Waals surface area contributed by atoms with Crippen LogP contribution in [0.15, 0.2) is 16.7 Å². The van der Waals surface area contributed by atoms with Crippen LogP contribution in [0.25, 0.3) is 11.0 Å². The lowest BCUT2D eigenvalue weighted by molar-refractivity contribution is 0.131. The topological polar surface area (TPSA) is 37.9 Å². The third kappa shape index (κ3) is 2.06. The molecule has 2 aromatic heterocycles. The summed E-state index contributed by atoms with van der Waals surface area (Å²) in [6, 6.07) is 2.07. The SMILES string of the molecule is CCOCc1[nH]c2ncc(Br)cc2c1C. The zero-order valence-corrected chi connectivity index (χ0v) is 10.4. The molecule has 0 aromatic carbocycles. The lowest BCUT2D eigenvalue weighted by Crippen LogP contribution is -1.93. The van der Waals surface area contributed by atoms with E-state index in [4.69, 9.17) is 4.74 Å². The van der Waals surface area contributed by atoms with E-state index in [1.54, 1.807) is 6.20 Å². The minimum Gasteiger partial charge on any atom is -0.376 e. The molecule has 0 atom stereocenters. The van der Waals surface area contributed by atoms with Gasteiger partial charge in [0, 0.05) is 28.4 Å². The molecule has 0 aliphatic carbocycles. The summed E-state index contributed by atoms with van der Waals surface area (Å²) in [6.07, 6.45) is 1.79. The van der Waals surface area contributed by atoms with E-state index in [0.717, 1.165) is 27.8 Å². The van der Waals surface area contributed by atoms with E-state index in [9.17, 15) is 0 Å². The first-order valence-electron chi connectivity index (χ1n) is 4.92. The van der Waals surface area contributed by atoms with Crippen LogP contribution in [0.3, 0.4) is 0 Å². The average molecular weight is 269 g/mol. The zero-order valence-electron chi connectivity index (χ0n) is 8.80. The standard InChI is InChI=1S/C11H13BrN2O/c1-3-15-6-10-7(2)9-4-8(12)5-13-11(9)14-10/h4-5H,3,6H2,1-2H3,(H,13,14). The number of aromatic nitrogens is 2. The van der Waals surface area contributed by atoms with Crippen LogP contribution in [0.1, 0.15) is 18.2 Å². The number of pyridine rings is 1. The van der Waals surface area contributed by atoms with Crippen molar-refractivity contribution >= 4 is 27.0 Å². The average Bonchev–Trinajstić information content (AvgIpc) is 2.53. The molecule has 0 aliphatic rings. The van der Waals surface area contributed by atoms with Crippen molar-refractivity contribution in [3.05, 3.63) is 28.0 Å². The summed E-state index contributed by atoms with van der Waals surface area (Å²) < 4.78 is 6.39. The van der Waals surface area contributed by atoms with Gasteiger partial charge in [-0.3, -0.25) is 0 Å². The maximum Gasteiger partial charge on any atom is 0.137 e. The molecule has 0 saturated heterocycles. The van der Waals surface area contributed by atoms with Gasteiger partial charge in [-0.25, -0.2) is 4.98 Å². The molecular formula is C11H13BrN2O. The van der Waals surface area contributed by atoms with Crippen LogP contribution in [0.5, 0.6) is 0 Å². The van der Waals surface area contributed by atoms with Gasteiger partial charge in [-0.2, -0.15) is 0 Å². The van der Waals surface area contributed by atoms with E-state index in [-0.39, 0.29) is 0 Å². The van der Waals surface area contributed by atoms with Gasteiger partial charge in [-0.05, 0) is 41.4 Å². The Labute approximate surface area is 97.0 Å². The van der Waals surface area contributed by atoms with Crippen LogP contribution in [0.2, 0.25) is 0 Å². The molecule has 4 heteroatoms. The number of nitrogens with one attached hydrogen (secondary N) is 1. The minimum atomic E-state index is 0.621. The van der Waals surface area contributed by atoms with Crippen LogP contribution in [0, 0.1) is 6.92 Å². The molecule has 0 unspecified atom stereocenters. The first-order chi connectivity index (χ1) is 7.22. The maximum absolute atomic E-state index is 5.39. The molecule has 2 aromatic rings. The smallest absolute Gasteiger partial charge is 0.137 e. The predicted octanol–water partition coefficient (Wildman–Crippen LogP) is 3.17. The van der Waals surface area contributed by atoms with E-state index in [2.05, 4.69) is 38.9 Å².